The third kappa shape index (κ3) is 4.25. The van der Waals surface area contributed by atoms with E-state index in [2.05, 4.69) is 24.3 Å². The zero-order valence-corrected chi connectivity index (χ0v) is 20.6. The Morgan fingerprint density at radius 1 is 0.515 bits per heavy atom. The number of rotatable bonds is 10. The van der Waals surface area contributed by atoms with E-state index < -0.39 is 0 Å². The van der Waals surface area contributed by atoms with Crippen LogP contribution in [0.4, 0.5) is 0 Å². The molecular weight excluding hydrogens is 424 g/mol. The fourth-order valence-electron chi connectivity index (χ4n) is 5.64. The van der Waals surface area contributed by atoms with Crippen LogP contribution in [0.1, 0.15) is 11.1 Å². The van der Waals surface area contributed by atoms with E-state index >= 15 is 0 Å². The zero-order chi connectivity index (χ0) is 23.6. The first-order chi connectivity index (χ1) is 15.9. The number of fused-ring (bicyclic) bond motifs is 2. The van der Waals surface area contributed by atoms with E-state index in [-0.39, 0.29) is 0 Å². The maximum atomic E-state index is 5.57. The van der Waals surface area contributed by atoms with Gasteiger partial charge in [-0.2, -0.15) is 0 Å². The standard InChI is InChI=1S/C25H36N2O6/c1-28-20-11-18(12-21(29-2)24(20)32-5)15-26-7-9-27(17-26,10-8-26)16-19-13-22(30-3)25(33-6)23(14-19)31-4/h11-14H,7-10,15-17H2,1-6H3/q+2. The Bertz CT molecular complexity index is 871. The second-order valence-electron chi connectivity index (χ2n) is 9.10. The lowest BCUT2D eigenvalue weighted by Gasteiger charge is -2.27. The fourth-order valence-corrected chi connectivity index (χ4v) is 5.64. The molecule has 2 bridgehead atoms. The summed E-state index contributed by atoms with van der Waals surface area (Å²) in [6, 6.07) is 8.33. The molecule has 33 heavy (non-hydrogen) atoms. The van der Waals surface area contributed by atoms with Crippen LogP contribution >= 0.6 is 0 Å². The average Bonchev–Trinajstić information content (AvgIpc) is 3.37. The lowest BCUT2D eigenvalue weighted by molar-refractivity contribution is -1.000. The van der Waals surface area contributed by atoms with Crippen molar-refractivity contribution in [2.45, 2.75) is 13.1 Å². The van der Waals surface area contributed by atoms with Crippen molar-refractivity contribution in [2.75, 3.05) is 75.5 Å². The predicted octanol–water partition coefficient (Wildman–Crippen LogP) is 3.06. The summed E-state index contributed by atoms with van der Waals surface area (Å²) in [7, 11) is 9.93. The van der Waals surface area contributed by atoms with Crippen LogP contribution in [-0.4, -0.2) is 84.5 Å². The van der Waals surface area contributed by atoms with Crippen molar-refractivity contribution in [3.63, 3.8) is 0 Å². The number of hydrogen-bond donors (Lipinski definition) is 0. The third-order valence-corrected chi connectivity index (χ3v) is 7.18. The van der Waals surface area contributed by atoms with Crippen molar-refractivity contribution in [2.24, 2.45) is 0 Å². The normalized spacial score (nSPS) is 23.3. The largest absolute Gasteiger partial charge is 0.493 e. The van der Waals surface area contributed by atoms with E-state index in [1.165, 1.54) is 11.1 Å². The minimum absolute atomic E-state index is 0.638. The number of piperazine rings is 1. The quantitative estimate of drug-likeness (QED) is 0.508. The van der Waals surface area contributed by atoms with Crippen LogP contribution in [0.3, 0.4) is 0 Å². The van der Waals surface area contributed by atoms with Crippen LogP contribution in [0.2, 0.25) is 0 Å². The Morgan fingerprint density at radius 3 is 1.06 bits per heavy atom. The zero-order valence-electron chi connectivity index (χ0n) is 20.6. The molecule has 0 N–H and O–H groups in total. The number of methoxy groups -OCH3 is 6. The van der Waals surface area contributed by atoms with Gasteiger partial charge in [0, 0.05) is 11.1 Å². The number of ether oxygens (including phenoxy) is 6. The van der Waals surface area contributed by atoms with Gasteiger partial charge < -0.3 is 28.4 Å². The number of quaternary nitrogens is 2. The fraction of sp³-hybridized carbons (Fsp3) is 0.520. The van der Waals surface area contributed by atoms with Gasteiger partial charge in [-0.05, 0) is 24.3 Å². The molecule has 2 aromatic carbocycles. The first-order valence-corrected chi connectivity index (χ1v) is 11.2. The predicted molar refractivity (Wildman–Crippen MR) is 124 cm³/mol. The highest BCUT2D eigenvalue weighted by Crippen LogP contribution is 2.43. The molecule has 2 aromatic rings. The minimum atomic E-state index is 0.638. The van der Waals surface area contributed by atoms with Gasteiger partial charge in [-0.25, -0.2) is 0 Å². The first kappa shape index (κ1) is 23.3. The summed E-state index contributed by atoms with van der Waals surface area (Å²) in [5.74, 6) is 4.12. The molecule has 2 aliphatic heterocycles. The van der Waals surface area contributed by atoms with Gasteiger partial charge in [0.2, 0.25) is 18.2 Å². The van der Waals surface area contributed by atoms with Crippen LogP contribution < -0.4 is 28.4 Å². The maximum Gasteiger partial charge on any atom is 0.208 e. The second-order valence-corrected chi connectivity index (χ2v) is 9.10. The maximum absolute atomic E-state index is 5.57. The molecule has 0 amide bonds. The Hall–Kier alpha value is -2.84. The van der Waals surface area contributed by atoms with Gasteiger partial charge in [0.05, 0.1) is 42.7 Å². The number of nitrogens with zero attached hydrogens (tertiary/aromatic N) is 2. The molecule has 0 aliphatic carbocycles. The van der Waals surface area contributed by atoms with Gasteiger partial charge in [-0.1, -0.05) is 0 Å². The summed E-state index contributed by atoms with van der Waals surface area (Å²) in [5, 5.41) is 0. The molecule has 4 rings (SSSR count). The van der Waals surface area contributed by atoms with Gasteiger partial charge in [0.25, 0.3) is 0 Å². The second kappa shape index (κ2) is 9.19. The molecule has 8 nitrogen and oxygen atoms in total. The van der Waals surface area contributed by atoms with Gasteiger partial charge in [-0.3, -0.25) is 8.97 Å². The number of benzene rings is 2. The summed E-state index contributed by atoms with van der Waals surface area (Å²) in [5.41, 5.74) is 2.42. The van der Waals surface area contributed by atoms with E-state index in [9.17, 15) is 0 Å². The highest BCUT2D eigenvalue weighted by atomic mass is 16.5. The highest BCUT2D eigenvalue weighted by Gasteiger charge is 2.55. The van der Waals surface area contributed by atoms with E-state index in [1.54, 1.807) is 42.7 Å². The summed E-state index contributed by atoms with van der Waals surface area (Å²) in [6.45, 7) is 7.62. The molecule has 180 valence electrons. The summed E-state index contributed by atoms with van der Waals surface area (Å²) >= 11 is 0. The average molecular weight is 461 g/mol. The van der Waals surface area contributed by atoms with Crippen molar-refractivity contribution in [3.8, 4) is 34.5 Å². The van der Waals surface area contributed by atoms with Crippen molar-refractivity contribution in [1.82, 2.24) is 0 Å². The SMILES string of the molecule is COc1cc(C[N+]23CC[N+](Cc4cc(OC)c(OC)c(OC)c4)(CC2)C3)cc(OC)c1OC. The topological polar surface area (TPSA) is 55.4 Å². The van der Waals surface area contributed by atoms with E-state index in [4.69, 9.17) is 28.4 Å². The van der Waals surface area contributed by atoms with E-state index in [0.717, 1.165) is 54.9 Å². The van der Waals surface area contributed by atoms with Crippen LogP contribution in [0.5, 0.6) is 34.5 Å². The molecular formula is C25H36N2O6+2. The molecule has 0 radical (unpaired) electrons. The lowest BCUT2D eigenvalue weighted by atomic mass is 10.1. The van der Waals surface area contributed by atoms with Crippen LogP contribution in [0.15, 0.2) is 24.3 Å². The van der Waals surface area contributed by atoms with Crippen LogP contribution in [0, 0.1) is 0 Å². The van der Waals surface area contributed by atoms with Gasteiger partial charge in [0.1, 0.15) is 39.3 Å². The van der Waals surface area contributed by atoms with Gasteiger partial charge >= 0.3 is 0 Å². The Labute approximate surface area is 196 Å². The van der Waals surface area contributed by atoms with Crippen LogP contribution in [-0.2, 0) is 13.1 Å². The van der Waals surface area contributed by atoms with Crippen molar-refractivity contribution < 1.29 is 37.4 Å². The Kier molecular flexibility index (Phi) is 6.50. The molecule has 8 heteroatoms. The van der Waals surface area contributed by atoms with Crippen LogP contribution in [0.25, 0.3) is 0 Å². The molecule has 0 spiro atoms. The number of hydrogen-bond acceptors (Lipinski definition) is 6. The molecule has 0 aromatic heterocycles. The van der Waals surface area contributed by atoms with E-state index in [0.29, 0.717) is 34.5 Å². The summed E-state index contributed by atoms with van der Waals surface area (Å²) < 4.78 is 35.4. The summed E-state index contributed by atoms with van der Waals surface area (Å²) in [6.07, 6.45) is 0. The third-order valence-electron chi connectivity index (χ3n) is 7.18. The van der Waals surface area contributed by atoms with Gasteiger partial charge in [-0.15, -0.1) is 0 Å². The van der Waals surface area contributed by atoms with Crippen molar-refractivity contribution >= 4 is 0 Å². The molecule has 2 heterocycles. The van der Waals surface area contributed by atoms with Crippen molar-refractivity contribution in [3.05, 3.63) is 35.4 Å². The smallest absolute Gasteiger partial charge is 0.208 e. The molecule has 2 saturated heterocycles. The molecule has 0 saturated carbocycles. The first-order valence-electron chi connectivity index (χ1n) is 11.2. The monoisotopic (exact) mass is 460 g/mol. The molecule has 2 aliphatic rings. The molecule has 2 fully saturated rings. The Balaban J connectivity index is 1.55. The Morgan fingerprint density at radius 2 is 0.818 bits per heavy atom. The minimum Gasteiger partial charge on any atom is -0.493 e. The highest BCUT2D eigenvalue weighted by molar-refractivity contribution is 5.54. The van der Waals surface area contributed by atoms with Crippen molar-refractivity contribution in [1.29, 1.82) is 0 Å². The molecule has 0 atom stereocenters. The van der Waals surface area contributed by atoms with Gasteiger partial charge in [0.15, 0.2) is 23.0 Å². The lowest BCUT2D eigenvalue weighted by Crippen LogP contribution is -2.46. The van der Waals surface area contributed by atoms with E-state index in [1.807, 2.05) is 0 Å². The molecule has 0 unspecified atom stereocenters. The summed E-state index contributed by atoms with van der Waals surface area (Å²) in [4.78, 5) is 0.